The van der Waals surface area contributed by atoms with Crippen molar-refractivity contribution in [3.05, 3.63) is 29.8 Å². The molecule has 1 aliphatic rings. The van der Waals surface area contributed by atoms with Gasteiger partial charge in [-0.25, -0.2) is 5.01 Å². The van der Waals surface area contributed by atoms with Crippen LogP contribution in [-0.4, -0.2) is 31.2 Å². The van der Waals surface area contributed by atoms with Gasteiger partial charge in [-0.15, -0.1) is 0 Å². The van der Waals surface area contributed by atoms with Crippen LogP contribution < -0.4 is 10.3 Å². The van der Waals surface area contributed by atoms with Gasteiger partial charge in [0.15, 0.2) is 0 Å². The number of nitrogens with zero attached hydrogens (tertiary/aromatic N) is 2. The molecule has 106 valence electrons. The van der Waals surface area contributed by atoms with Crippen LogP contribution in [0.5, 0.6) is 0 Å². The Kier molecular flexibility index (Phi) is 5.67. The van der Waals surface area contributed by atoms with Gasteiger partial charge in [0.05, 0.1) is 0 Å². The topological polar surface area (TPSA) is 18.5 Å². The van der Waals surface area contributed by atoms with Gasteiger partial charge in [-0.05, 0) is 44.4 Å². The average molecular weight is 261 g/mol. The summed E-state index contributed by atoms with van der Waals surface area (Å²) in [5, 5.41) is 2.36. The third kappa shape index (κ3) is 4.22. The van der Waals surface area contributed by atoms with Crippen LogP contribution in [0.15, 0.2) is 24.3 Å². The molecule has 3 heteroatoms. The quantitative estimate of drug-likeness (QED) is 0.849. The van der Waals surface area contributed by atoms with Crippen LogP contribution in [0.2, 0.25) is 0 Å². The van der Waals surface area contributed by atoms with Crippen molar-refractivity contribution in [3.8, 4) is 0 Å². The lowest BCUT2D eigenvalue weighted by Crippen LogP contribution is -2.41. The Morgan fingerprint density at radius 1 is 1.00 bits per heavy atom. The van der Waals surface area contributed by atoms with Gasteiger partial charge in [0.2, 0.25) is 0 Å². The van der Waals surface area contributed by atoms with E-state index in [2.05, 4.69) is 53.4 Å². The van der Waals surface area contributed by atoms with Gasteiger partial charge >= 0.3 is 0 Å². The molecule has 0 aromatic heterocycles. The molecule has 0 unspecified atom stereocenters. The van der Waals surface area contributed by atoms with E-state index in [0.29, 0.717) is 0 Å². The zero-order chi connectivity index (χ0) is 13.5. The zero-order valence-electron chi connectivity index (χ0n) is 12.4. The number of benzene rings is 1. The molecular formula is C16H27N3. The largest absolute Gasteiger partial charge is 0.372 e. The van der Waals surface area contributed by atoms with Crippen LogP contribution in [0.1, 0.15) is 38.7 Å². The summed E-state index contributed by atoms with van der Waals surface area (Å²) in [6, 6.07) is 8.95. The summed E-state index contributed by atoms with van der Waals surface area (Å²) in [6.45, 7) is 9.88. The highest BCUT2D eigenvalue weighted by Gasteiger charge is 2.09. The molecule has 0 saturated carbocycles. The first-order chi connectivity index (χ1) is 9.33. The van der Waals surface area contributed by atoms with Gasteiger partial charge in [-0.3, -0.25) is 5.43 Å². The standard InChI is InChI=1S/C16H27N3/c1-3-18(4-2)16-10-8-15(9-11-16)14-17-19-12-6-5-7-13-19/h8-11,17H,3-7,12-14H2,1-2H3. The van der Waals surface area contributed by atoms with Crippen LogP contribution in [0, 0.1) is 0 Å². The number of anilines is 1. The molecule has 0 amide bonds. The van der Waals surface area contributed by atoms with E-state index in [1.807, 2.05) is 0 Å². The zero-order valence-corrected chi connectivity index (χ0v) is 12.4. The van der Waals surface area contributed by atoms with Crippen LogP contribution in [0.3, 0.4) is 0 Å². The Morgan fingerprint density at radius 3 is 2.21 bits per heavy atom. The van der Waals surface area contributed by atoms with E-state index >= 15 is 0 Å². The molecule has 3 nitrogen and oxygen atoms in total. The molecule has 0 spiro atoms. The number of hydrazine groups is 1. The fraction of sp³-hybridized carbons (Fsp3) is 0.625. The van der Waals surface area contributed by atoms with Crippen molar-refractivity contribution < 1.29 is 0 Å². The third-order valence-electron chi connectivity index (χ3n) is 3.93. The lowest BCUT2D eigenvalue weighted by molar-refractivity contribution is 0.151. The summed E-state index contributed by atoms with van der Waals surface area (Å²) < 4.78 is 0. The molecule has 0 radical (unpaired) electrons. The highest BCUT2D eigenvalue weighted by molar-refractivity contribution is 5.47. The van der Waals surface area contributed by atoms with Crippen molar-refractivity contribution >= 4 is 5.69 Å². The summed E-state index contributed by atoms with van der Waals surface area (Å²) in [5.74, 6) is 0. The number of hydrogen-bond donors (Lipinski definition) is 1. The van der Waals surface area contributed by atoms with Crippen LogP contribution in [-0.2, 0) is 6.54 Å². The molecule has 1 heterocycles. The molecule has 0 bridgehead atoms. The second-order valence-electron chi connectivity index (χ2n) is 5.22. The second-order valence-corrected chi connectivity index (χ2v) is 5.22. The van der Waals surface area contributed by atoms with Crippen LogP contribution in [0.4, 0.5) is 5.69 Å². The van der Waals surface area contributed by atoms with Crippen molar-refractivity contribution in [3.63, 3.8) is 0 Å². The highest BCUT2D eigenvalue weighted by atomic mass is 15.5. The first kappa shape index (κ1) is 14.4. The highest BCUT2D eigenvalue weighted by Crippen LogP contribution is 2.15. The van der Waals surface area contributed by atoms with E-state index in [1.54, 1.807) is 0 Å². The van der Waals surface area contributed by atoms with Crippen molar-refractivity contribution in [1.29, 1.82) is 0 Å². The van der Waals surface area contributed by atoms with E-state index in [9.17, 15) is 0 Å². The summed E-state index contributed by atoms with van der Waals surface area (Å²) in [4.78, 5) is 2.38. The maximum atomic E-state index is 3.53. The Morgan fingerprint density at radius 2 is 1.63 bits per heavy atom. The van der Waals surface area contributed by atoms with E-state index in [-0.39, 0.29) is 0 Å². The van der Waals surface area contributed by atoms with Crippen LogP contribution in [0.25, 0.3) is 0 Å². The minimum atomic E-state index is 0.943. The molecule has 2 rings (SSSR count). The van der Waals surface area contributed by atoms with Crippen molar-refractivity contribution in [2.45, 2.75) is 39.7 Å². The first-order valence-electron chi connectivity index (χ1n) is 7.65. The molecule has 19 heavy (non-hydrogen) atoms. The maximum Gasteiger partial charge on any atom is 0.0366 e. The number of nitrogens with one attached hydrogen (secondary N) is 1. The normalized spacial score (nSPS) is 16.5. The van der Waals surface area contributed by atoms with E-state index in [1.165, 1.54) is 43.6 Å². The molecule has 1 saturated heterocycles. The summed E-state index contributed by atoms with van der Waals surface area (Å²) in [6.07, 6.45) is 4.04. The minimum Gasteiger partial charge on any atom is -0.372 e. The minimum absolute atomic E-state index is 0.943. The molecule has 1 N–H and O–H groups in total. The smallest absolute Gasteiger partial charge is 0.0366 e. The average Bonchev–Trinajstić information content (AvgIpc) is 2.49. The molecule has 1 aromatic rings. The molecule has 0 atom stereocenters. The second kappa shape index (κ2) is 7.51. The Hall–Kier alpha value is -1.06. The monoisotopic (exact) mass is 261 g/mol. The Labute approximate surface area is 117 Å². The fourth-order valence-corrected chi connectivity index (χ4v) is 2.67. The molecule has 1 aromatic carbocycles. The van der Waals surface area contributed by atoms with Gasteiger partial charge in [-0.1, -0.05) is 18.6 Å². The molecule has 1 fully saturated rings. The van der Waals surface area contributed by atoms with Crippen molar-refractivity contribution in [2.24, 2.45) is 0 Å². The van der Waals surface area contributed by atoms with E-state index in [4.69, 9.17) is 0 Å². The summed E-state index contributed by atoms with van der Waals surface area (Å²) >= 11 is 0. The van der Waals surface area contributed by atoms with Gasteiger partial charge in [0.1, 0.15) is 0 Å². The SMILES string of the molecule is CCN(CC)c1ccc(CNN2CCCCC2)cc1. The van der Waals surface area contributed by atoms with Gasteiger partial charge in [0.25, 0.3) is 0 Å². The lowest BCUT2D eigenvalue weighted by atomic mass is 10.1. The Balaban J connectivity index is 1.84. The molecule has 1 aliphatic heterocycles. The molecular weight excluding hydrogens is 234 g/mol. The van der Waals surface area contributed by atoms with Crippen molar-refractivity contribution in [1.82, 2.24) is 10.4 Å². The van der Waals surface area contributed by atoms with Gasteiger partial charge in [-0.2, -0.15) is 0 Å². The van der Waals surface area contributed by atoms with Crippen molar-refractivity contribution in [2.75, 3.05) is 31.1 Å². The van der Waals surface area contributed by atoms with E-state index < -0.39 is 0 Å². The first-order valence-corrected chi connectivity index (χ1v) is 7.65. The maximum absolute atomic E-state index is 3.53. The Bertz CT molecular complexity index is 351. The predicted octanol–water partition coefficient (Wildman–Crippen LogP) is 3.02. The summed E-state index contributed by atoms with van der Waals surface area (Å²) in [5.41, 5.74) is 6.22. The predicted molar refractivity (Wildman–Crippen MR) is 82.3 cm³/mol. The third-order valence-corrected chi connectivity index (χ3v) is 3.93. The van der Waals surface area contributed by atoms with E-state index in [0.717, 1.165) is 19.6 Å². The van der Waals surface area contributed by atoms with Gasteiger partial charge in [0, 0.05) is 38.4 Å². The molecule has 0 aliphatic carbocycles. The fourth-order valence-electron chi connectivity index (χ4n) is 2.67. The summed E-state index contributed by atoms with van der Waals surface area (Å²) in [7, 11) is 0. The lowest BCUT2D eigenvalue weighted by Gasteiger charge is -2.27. The number of piperidine rings is 1. The number of hydrogen-bond acceptors (Lipinski definition) is 3. The number of rotatable bonds is 6. The van der Waals surface area contributed by atoms with Crippen LogP contribution >= 0.6 is 0 Å². The van der Waals surface area contributed by atoms with Gasteiger partial charge < -0.3 is 4.90 Å².